The van der Waals surface area contributed by atoms with Gasteiger partial charge >= 0.3 is 0 Å². The van der Waals surface area contributed by atoms with E-state index in [1.807, 2.05) is 62.4 Å². The maximum absolute atomic E-state index is 13.3. The number of para-hydroxylation sites is 1. The zero-order chi connectivity index (χ0) is 20.8. The van der Waals surface area contributed by atoms with Gasteiger partial charge in [0.2, 0.25) is 5.91 Å². The molecule has 0 aromatic heterocycles. The first-order valence-electron chi connectivity index (χ1n) is 9.87. The molecule has 0 radical (unpaired) electrons. The van der Waals surface area contributed by atoms with Crippen LogP contribution in [0.15, 0.2) is 64.4 Å². The van der Waals surface area contributed by atoms with Gasteiger partial charge < -0.3 is 9.80 Å². The molecule has 3 rings (SSSR count). The summed E-state index contributed by atoms with van der Waals surface area (Å²) >= 11 is 7.69. The van der Waals surface area contributed by atoms with Crippen LogP contribution >= 0.6 is 23.4 Å². The summed E-state index contributed by atoms with van der Waals surface area (Å²) in [5.74, 6) is -0.281. The van der Waals surface area contributed by atoms with Crippen LogP contribution in [0.3, 0.4) is 0 Å². The fourth-order valence-electron chi connectivity index (χ4n) is 3.29. The molecule has 4 nitrogen and oxygen atoms in total. The molecule has 0 aliphatic carbocycles. The van der Waals surface area contributed by atoms with Crippen molar-refractivity contribution in [1.29, 1.82) is 0 Å². The minimum Gasteiger partial charge on any atom is -0.339 e. The molecule has 0 unspecified atom stereocenters. The molecule has 1 heterocycles. The molecule has 6 heteroatoms. The highest BCUT2D eigenvalue weighted by molar-refractivity contribution is 8.04. The van der Waals surface area contributed by atoms with Crippen LogP contribution in [0.5, 0.6) is 0 Å². The first kappa shape index (κ1) is 21.5. The van der Waals surface area contributed by atoms with Crippen molar-refractivity contribution >= 4 is 40.9 Å². The minimum absolute atomic E-state index is 0.110. The van der Waals surface area contributed by atoms with Gasteiger partial charge in [-0.1, -0.05) is 67.5 Å². The lowest BCUT2D eigenvalue weighted by Gasteiger charge is -2.31. The number of hydrogen-bond donors (Lipinski definition) is 0. The van der Waals surface area contributed by atoms with Crippen molar-refractivity contribution in [3.63, 3.8) is 0 Å². The lowest BCUT2D eigenvalue weighted by molar-refractivity contribution is -0.126. The number of anilines is 1. The number of carbonyl (C=O) groups excluding carboxylic acids is 2. The predicted octanol–water partition coefficient (Wildman–Crippen LogP) is 5.51. The maximum Gasteiger partial charge on any atom is 0.265 e. The Morgan fingerprint density at radius 2 is 1.72 bits per heavy atom. The van der Waals surface area contributed by atoms with Gasteiger partial charge in [0.1, 0.15) is 0 Å². The standard InChI is InChI=1S/C23H25ClN2O2S/c1-3-13-25(14-4-2)22(27)15-21-23(28)26(16-17-9-5-6-10-18(17)24)19-11-7-8-12-20(19)29-21/h5-12,15H,3-4,13-14,16H2,1-2H3/b21-15+. The van der Waals surface area contributed by atoms with Crippen LogP contribution in [0.2, 0.25) is 5.02 Å². The highest BCUT2D eigenvalue weighted by Crippen LogP contribution is 2.42. The third-order valence-electron chi connectivity index (χ3n) is 4.67. The van der Waals surface area contributed by atoms with Gasteiger partial charge in [-0.25, -0.2) is 0 Å². The SMILES string of the molecule is CCCN(CCC)C(=O)/C=C1/Sc2ccccc2N(Cc2ccccc2Cl)C1=O. The number of amides is 2. The molecule has 1 aliphatic rings. The van der Waals surface area contributed by atoms with Crippen LogP contribution in [0.4, 0.5) is 5.69 Å². The molecule has 29 heavy (non-hydrogen) atoms. The predicted molar refractivity (Wildman–Crippen MR) is 120 cm³/mol. The lowest BCUT2D eigenvalue weighted by Crippen LogP contribution is -2.36. The molecule has 0 fully saturated rings. The van der Waals surface area contributed by atoms with Gasteiger partial charge in [0, 0.05) is 29.1 Å². The molecule has 0 bridgehead atoms. The van der Waals surface area contributed by atoms with Crippen LogP contribution in [0.25, 0.3) is 0 Å². The largest absolute Gasteiger partial charge is 0.339 e. The number of carbonyl (C=O) groups is 2. The minimum atomic E-state index is -0.171. The van der Waals surface area contributed by atoms with E-state index < -0.39 is 0 Å². The van der Waals surface area contributed by atoms with E-state index in [9.17, 15) is 9.59 Å². The van der Waals surface area contributed by atoms with E-state index in [1.165, 1.54) is 17.8 Å². The summed E-state index contributed by atoms with van der Waals surface area (Å²) in [4.78, 5) is 31.0. The Bertz CT molecular complexity index is 923. The molecule has 0 saturated heterocycles. The third-order valence-corrected chi connectivity index (χ3v) is 6.12. The van der Waals surface area contributed by atoms with Crippen molar-refractivity contribution in [2.45, 2.75) is 38.1 Å². The molecule has 0 atom stereocenters. The van der Waals surface area contributed by atoms with Crippen molar-refractivity contribution in [2.75, 3.05) is 18.0 Å². The van der Waals surface area contributed by atoms with E-state index in [0.717, 1.165) is 29.0 Å². The van der Waals surface area contributed by atoms with Crippen LogP contribution < -0.4 is 4.90 Å². The molecule has 0 N–H and O–H groups in total. The summed E-state index contributed by atoms with van der Waals surface area (Å²) in [5.41, 5.74) is 1.71. The summed E-state index contributed by atoms with van der Waals surface area (Å²) in [6, 6.07) is 15.3. The van der Waals surface area contributed by atoms with E-state index in [2.05, 4.69) is 0 Å². The smallest absolute Gasteiger partial charge is 0.265 e. The Balaban J connectivity index is 1.94. The van der Waals surface area contributed by atoms with Crippen molar-refractivity contribution in [1.82, 2.24) is 4.90 Å². The number of nitrogens with zero attached hydrogens (tertiary/aromatic N) is 2. The molecule has 0 saturated carbocycles. The number of fused-ring (bicyclic) bond motifs is 1. The number of rotatable bonds is 7. The van der Waals surface area contributed by atoms with E-state index in [4.69, 9.17) is 11.6 Å². The summed E-state index contributed by atoms with van der Waals surface area (Å²) in [7, 11) is 0. The second kappa shape index (κ2) is 9.99. The van der Waals surface area contributed by atoms with Gasteiger partial charge in [-0.3, -0.25) is 9.59 Å². The zero-order valence-corrected chi connectivity index (χ0v) is 18.3. The van der Waals surface area contributed by atoms with Crippen LogP contribution in [-0.2, 0) is 16.1 Å². The van der Waals surface area contributed by atoms with Gasteiger partial charge in [0.05, 0.1) is 17.1 Å². The molecule has 0 spiro atoms. The average Bonchev–Trinajstić information content (AvgIpc) is 2.72. The number of thioether (sulfide) groups is 1. The van der Waals surface area contributed by atoms with E-state index in [-0.39, 0.29) is 11.8 Å². The average molecular weight is 429 g/mol. The Kier molecular flexibility index (Phi) is 7.40. The summed E-state index contributed by atoms with van der Waals surface area (Å²) < 4.78 is 0. The molecule has 2 aromatic carbocycles. The van der Waals surface area contributed by atoms with Gasteiger partial charge in [-0.2, -0.15) is 0 Å². The van der Waals surface area contributed by atoms with Crippen molar-refractivity contribution in [3.05, 3.63) is 70.1 Å². The van der Waals surface area contributed by atoms with E-state index in [1.54, 1.807) is 9.80 Å². The fraction of sp³-hybridized carbons (Fsp3) is 0.304. The Labute approximate surface area is 181 Å². The molecule has 2 amide bonds. The van der Waals surface area contributed by atoms with E-state index in [0.29, 0.717) is 29.6 Å². The van der Waals surface area contributed by atoms with Gasteiger partial charge in [-0.15, -0.1) is 0 Å². The van der Waals surface area contributed by atoms with Gasteiger partial charge in [0.15, 0.2) is 0 Å². The van der Waals surface area contributed by atoms with Crippen LogP contribution in [0.1, 0.15) is 32.3 Å². The molecular formula is C23H25ClN2O2S. The Hall–Kier alpha value is -2.24. The van der Waals surface area contributed by atoms with Crippen molar-refractivity contribution < 1.29 is 9.59 Å². The topological polar surface area (TPSA) is 40.6 Å². The van der Waals surface area contributed by atoms with Gasteiger partial charge in [-0.05, 0) is 36.6 Å². The quantitative estimate of drug-likeness (QED) is 0.546. The van der Waals surface area contributed by atoms with E-state index >= 15 is 0 Å². The second-order valence-corrected chi connectivity index (χ2v) is 8.38. The summed E-state index contributed by atoms with van der Waals surface area (Å²) in [6.07, 6.45) is 3.27. The summed E-state index contributed by atoms with van der Waals surface area (Å²) in [5, 5.41) is 0.620. The lowest BCUT2D eigenvalue weighted by atomic mass is 10.1. The molecule has 1 aliphatic heterocycles. The molecular weight excluding hydrogens is 404 g/mol. The fourth-order valence-corrected chi connectivity index (χ4v) is 4.51. The number of halogens is 1. The maximum atomic E-state index is 13.3. The Morgan fingerprint density at radius 3 is 2.41 bits per heavy atom. The molecule has 2 aromatic rings. The molecule has 152 valence electrons. The highest BCUT2D eigenvalue weighted by atomic mass is 35.5. The third kappa shape index (κ3) is 5.03. The van der Waals surface area contributed by atoms with Crippen LogP contribution in [-0.4, -0.2) is 29.8 Å². The summed E-state index contributed by atoms with van der Waals surface area (Å²) in [6.45, 7) is 5.83. The monoisotopic (exact) mass is 428 g/mol. The highest BCUT2D eigenvalue weighted by Gasteiger charge is 2.30. The first-order chi connectivity index (χ1) is 14.0. The normalized spacial score (nSPS) is 14.8. The Morgan fingerprint density at radius 1 is 1.07 bits per heavy atom. The van der Waals surface area contributed by atoms with Crippen molar-refractivity contribution in [3.8, 4) is 0 Å². The number of hydrogen-bond acceptors (Lipinski definition) is 3. The second-order valence-electron chi connectivity index (χ2n) is 6.89. The van der Waals surface area contributed by atoms with Crippen molar-refractivity contribution in [2.24, 2.45) is 0 Å². The van der Waals surface area contributed by atoms with Gasteiger partial charge in [0.25, 0.3) is 5.91 Å². The number of benzene rings is 2. The first-order valence-corrected chi connectivity index (χ1v) is 11.1. The van der Waals surface area contributed by atoms with Crippen LogP contribution in [0, 0.1) is 0 Å². The zero-order valence-electron chi connectivity index (χ0n) is 16.7.